The number of aryl methyl sites for hydroxylation is 1. The average Bonchev–Trinajstić information content (AvgIpc) is 3.23. The minimum atomic E-state index is -0.762. The number of aromatic nitrogens is 4. The maximum absolute atomic E-state index is 11.7. The van der Waals surface area contributed by atoms with E-state index in [1.807, 2.05) is 4.68 Å². The highest BCUT2D eigenvalue weighted by Crippen LogP contribution is 2.31. The van der Waals surface area contributed by atoms with Crippen LogP contribution in [0.3, 0.4) is 0 Å². The van der Waals surface area contributed by atoms with Crippen LogP contribution in [0.1, 0.15) is 101 Å². The number of carboxylic acids is 1. The lowest BCUT2D eigenvalue weighted by Gasteiger charge is -2.33. The zero-order valence-corrected chi connectivity index (χ0v) is 19.1. The van der Waals surface area contributed by atoms with E-state index in [0.717, 1.165) is 43.6 Å². The first kappa shape index (κ1) is 23.4. The molecule has 1 heterocycles. The Morgan fingerprint density at radius 1 is 1.16 bits per heavy atom. The maximum Gasteiger partial charge on any atom is 0.304 e. The first-order chi connectivity index (χ1) is 15.0. The fraction of sp³-hybridized carbons (Fsp3) is 0.667. The first-order valence-electron chi connectivity index (χ1n) is 11.8. The summed E-state index contributed by atoms with van der Waals surface area (Å²) in [6, 6.07) is 8.22. The normalized spacial score (nSPS) is 17.0. The Morgan fingerprint density at radius 2 is 1.84 bits per heavy atom. The summed E-state index contributed by atoms with van der Waals surface area (Å²) in [4.78, 5) is 11.7. The number of hydrogen-bond acceptors (Lipinski definition) is 5. The van der Waals surface area contributed by atoms with Gasteiger partial charge in [-0.25, -0.2) is 4.68 Å². The highest BCUT2D eigenvalue weighted by Gasteiger charge is 2.31. The molecule has 1 aromatic carbocycles. The molecular weight excluding hydrogens is 390 g/mol. The van der Waals surface area contributed by atoms with Gasteiger partial charge in [0.2, 0.25) is 0 Å². The third-order valence-corrected chi connectivity index (χ3v) is 6.47. The van der Waals surface area contributed by atoms with E-state index in [2.05, 4.69) is 65.9 Å². The quantitative estimate of drug-likeness (QED) is 0.540. The summed E-state index contributed by atoms with van der Waals surface area (Å²) in [7, 11) is 0. The third kappa shape index (κ3) is 6.35. The molecule has 0 bridgehead atoms. The summed E-state index contributed by atoms with van der Waals surface area (Å²) in [5.41, 5.74) is 2.35. The van der Waals surface area contributed by atoms with Crippen LogP contribution in [0, 0.1) is 5.92 Å². The van der Waals surface area contributed by atoms with Gasteiger partial charge in [0.1, 0.15) is 0 Å². The van der Waals surface area contributed by atoms with Gasteiger partial charge in [-0.15, -0.1) is 5.10 Å². The average molecular weight is 428 g/mol. The molecule has 0 saturated heterocycles. The minimum Gasteiger partial charge on any atom is -0.481 e. The Labute approximate surface area is 185 Å². The number of benzene rings is 1. The number of tetrazole rings is 1. The minimum absolute atomic E-state index is 0.107. The van der Waals surface area contributed by atoms with Crippen molar-refractivity contribution in [2.24, 2.45) is 5.92 Å². The fourth-order valence-electron chi connectivity index (χ4n) is 4.58. The summed E-state index contributed by atoms with van der Waals surface area (Å²) in [6.45, 7) is 7.27. The smallest absolute Gasteiger partial charge is 0.304 e. The molecule has 2 aromatic rings. The van der Waals surface area contributed by atoms with Gasteiger partial charge in [0, 0.05) is 12.6 Å². The molecule has 7 heteroatoms. The van der Waals surface area contributed by atoms with Gasteiger partial charge < -0.3 is 5.11 Å². The van der Waals surface area contributed by atoms with E-state index in [0.29, 0.717) is 11.8 Å². The van der Waals surface area contributed by atoms with Crippen LogP contribution in [-0.2, 0) is 11.3 Å². The molecule has 2 unspecified atom stereocenters. The molecule has 1 fully saturated rings. The first-order valence-corrected chi connectivity index (χ1v) is 11.8. The second kappa shape index (κ2) is 11.4. The monoisotopic (exact) mass is 427 g/mol. The lowest BCUT2D eigenvalue weighted by molar-refractivity contribution is -0.138. The molecule has 31 heavy (non-hydrogen) atoms. The molecule has 0 amide bonds. The predicted octanol–water partition coefficient (Wildman–Crippen LogP) is 4.70. The Kier molecular flexibility index (Phi) is 8.58. The highest BCUT2D eigenvalue weighted by molar-refractivity contribution is 5.67. The van der Waals surface area contributed by atoms with E-state index in [9.17, 15) is 9.90 Å². The van der Waals surface area contributed by atoms with Crippen molar-refractivity contribution in [3.05, 3.63) is 41.2 Å². The molecule has 3 rings (SSSR count). The van der Waals surface area contributed by atoms with Gasteiger partial charge in [-0.1, -0.05) is 70.7 Å². The van der Waals surface area contributed by atoms with Crippen molar-refractivity contribution in [3.63, 3.8) is 0 Å². The molecule has 2 N–H and O–H groups in total. The van der Waals surface area contributed by atoms with Crippen LogP contribution in [0.5, 0.6) is 0 Å². The molecule has 1 saturated carbocycles. The van der Waals surface area contributed by atoms with Gasteiger partial charge >= 0.3 is 5.97 Å². The number of carboxylic acid groups (broad SMARTS) is 1. The summed E-state index contributed by atoms with van der Waals surface area (Å²) >= 11 is 0. The molecule has 0 radical (unpaired) electrons. The standard InChI is InChI=1S/C24H37N5O2/c1-4-5-15-29-24(26-27-28-29)23(20-13-11-18(12-14-20)17(2)3)25-21(16-22(30)31)19-9-7-6-8-10-19/h11-14,17,19,21,23,25H,4-10,15-16H2,1-3H3,(H,30,31). The SMILES string of the molecule is CCCCn1nnnc1C(NC(CC(=O)O)C1CCCCC1)c1ccc(C(C)C)cc1. The van der Waals surface area contributed by atoms with Crippen LogP contribution < -0.4 is 5.32 Å². The zero-order chi connectivity index (χ0) is 22.2. The van der Waals surface area contributed by atoms with Gasteiger partial charge in [-0.3, -0.25) is 10.1 Å². The van der Waals surface area contributed by atoms with Crippen LogP contribution in [0.25, 0.3) is 0 Å². The summed E-state index contributed by atoms with van der Waals surface area (Å²) in [6.07, 6.45) is 7.90. The highest BCUT2D eigenvalue weighted by atomic mass is 16.4. The molecule has 0 aliphatic heterocycles. The lowest BCUT2D eigenvalue weighted by atomic mass is 9.82. The van der Waals surface area contributed by atoms with E-state index in [1.54, 1.807) is 0 Å². The molecule has 1 aliphatic rings. The van der Waals surface area contributed by atoms with Crippen molar-refractivity contribution in [3.8, 4) is 0 Å². The van der Waals surface area contributed by atoms with Crippen molar-refractivity contribution in [1.29, 1.82) is 0 Å². The van der Waals surface area contributed by atoms with Gasteiger partial charge in [-0.2, -0.15) is 0 Å². The number of rotatable bonds is 11. The summed E-state index contributed by atoms with van der Waals surface area (Å²) in [5.74, 6) is 0.819. The van der Waals surface area contributed by atoms with E-state index in [1.165, 1.54) is 24.8 Å². The van der Waals surface area contributed by atoms with Gasteiger partial charge in [0.05, 0.1) is 12.5 Å². The van der Waals surface area contributed by atoms with Crippen LogP contribution in [0.2, 0.25) is 0 Å². The maximum atomic E-state index is 11.7. The van der Waals surface area contributed by atoms with Crippen LogP contribution in [-0.4, -0.2) is 37.3 Å². The number of hydrogen-bond donors (Lipinski definition) is 2. The van der Waals surface area contributed by atoms with E-state index >= 15 is 0 Å². The Balaban J connectivity index is 1.93. The van der Waals surface area contributed by atoms with Gasteiger partial charge in [-0.05, 0) is 52.7 Å². The van der Waals surface area contributed by atoms with Gasteiger partial charge in [0.15, 0.2) is 5.82 Å². The Morgan fingerprint density at radius 3 is 2.45 bits per heavy atom. The Hall–Kier alpha value is -2.28. The van der Waals surface area contributed by atoms with E-state index in [4.69, 9.17) is 0 Å². The topological polar surface area (TPSA) is 92.9 Å². The molecule has 170 valence electrons. The molecule has 0 spiro atoms. The Bertz CT molecular complexity index is 812. The van der Waals surface area contributed by atoms with Crippen LogP contribution in [0.4, 0.5) is 0 Å². The van der Waals surface area contributed by atoms with Gasteiger partial charge in [0.25, 0.3) is 0 Å². The second-order valence-electron chi connectivity index (χ2n) is 9.14. The largest absolute Gasteiger partial charge is 0.481 e. The number of aliphatic carboxylic acids is 1. The predicted molar refractivity (Wildman–Crippen MR) is 121 cm³/mol. The van der Waals surface area contributed by atoms with Crippen LogP contribution >= 0.6 is 0 Å². The fourth-order valence-corrected chi connectivity index (χ4v) is 4.58. The second-order valence-corrected chi connectivity index (χ2v) is 9.14. The van der Waals surface area contributed by atoms with Crippen molar-refractivity contribution in [1.82, 2.24) is 25.5 Å². The molecule has 7 nitrogen and oxygen atoms in total. The van der Waals surface area contributed by atoms with Crippen molar-refractivity contribution in [2.75, 3.05) is 0 Å². The van der Waals surface area contributed by atoms with Crippen molar-refractivity contribution >= 4 is 5.97 Å². The number of nitrogens with one attached hydrogen (secondary N) is 1. The molecule has 1 aliphatic carbocycles. The summed E-state index contributed by atoms with van der Waals surface area (Å²) in [5, 5.41) is 25.9. The zero-order valence-electron chi connectivity index (χ0n) is 19.1. The molecule has 1 aromatic heterocycles. The molecular formula is C24H37N5O2. The van der Waals surface area contributed by atoms with E-state index in [-0.39, 0.29) is 18.5 Å². The lowest BCUT2D eigenvalue weighted by Crippen LogP contribution is -2.42. The van der Waals surface area contributed by atoms with Crippen LogP contribution in [0.15, 0.2) is 24.3 Å². The number of unbranched alkanes of at least 4 members (excludes halogenated alkanes) is 1. The third-order valence-electron chi connectivity index (χ3n) is 6.47. The van der Waals surface area contributed by atoms with Crippen molar-refractivity contribution < 1.29 is 9.90 Å². The van der Waals surface area contributed by atoms with E-state index < -0.39 is 5.97 Å². The van der Waals surface area contributed by atoms with Crippen molar-refractivity contribution in [2.45, 2.75) is 96.7 Å². The molecule has 2 atom stereocenters. The summed E-state index contributed by atoms with van der Waals surface area (Å²) < 4.78 is 1.87. The number of nitrogens with zero attached hydrogens (tertiary/aromatic N) is 4. The number of carbonyl (C=O) groups is 1.